The minimum atomic E-state index is 0. The predicted molar refractivity (Wildman–Crippen MR) is 110 cm³/mol. The highest BCUT2D eigenvalue weighted by Gasteiger charge is 2.13. The zero-order valence-corrected chi connectivity index (χ0v) is 19.9. The van der Waals surface area contributed by atoms with E-state index in [-0.39, 0.29) is 17.0 Å². The number of nitrogens with one attached hydrogen (secondary N) is 1. The van der Waals surface area contributed by atoms with Crippen molar-refractivity contribution >= 4 is 0 Å². The Morgan fingerprint density at radius 2 is 0.920 bits per heavy atom. The molecule has 0 spiro atoms. The molecule has 0 aliphatic rings. The second-order valence-electron chi connectivity index (χ2n) is 8.94. The van der Waals surface area contributed by atoms with Crippen LogP contribution in [0, 0.1) is 0 Å². The Bertz CT molecular complexity index is 254. The third-order valence-corrected chi connectivity index (χ3v) is 5.31. The molecule has 0 aromatic heterocycles. The highest BCUT2D eigenvalue weighted by atomic mass is 79.9. The molecular weight excluding hydrogens is 372 g/mol. The molecule has 0 atom stereocenters. The van der Waals surface area contributed by atoms with Crippen LogP contribution in [-0.4, -0.2) is 52.3 Å². The van der Waals surface area contributed by atoms with E-state index in [1.54, 1.807) is 4.90 Å². The van der Waals surface area contributed by atoms with Gasteiger partial charge in [-0.15, -0.1) is 0 Å². The van der Waals surface area contributed by atoms with Crippen LogP contribution < -0.4 is 21.9 Å². The first-order valence-corrected chi connectivity index (χ1v) is 11.1. The number of rotatable bonds is 18. The Kier molecular flexibility index (Phi) is 21.2. The average molecular weight is 423 g/mol. The lowest BCUT2D eigenvalue weighted by Crippen LogP contribution is -3.05. The van der Waals surface area contributed by atoms with E-state index in [0.717, 1.165) is 0 Å². The zero-order chi connectivity index (χ0) is 18.1. The van der Waals surface area contributed by atoms with Crippen LogP contribution in [-0.2, 0) is 0 Å². The molecule has 1 N–H and O–H groups in total. The largest absolute Gasteiger partial charge is 1.00 e. The van der Waals surface area contributed by atoms with Crippen LogP contribution in [0.1, 0.15) is 96.8 Å². The molecule has 0 aromatic rings. The van der Waals surface area contributed by atoms with E-state index < -0.39 is 0 Å². The highest BCUT2D eigenvalue weighted by molar-refractivity contribution is 4.48. The number of nitrogens with zero attached hydrogens (tertiary/aromatic N) is 1. The van der Waals surface area contributed by atoms with Gasteiger partial charge in [0.05, 0.1) is 47.8 Å². The topological polar surface area (TPSA) is 4.44 Å². The summed E-state index contributed by atoms with van der Waals surface area (Å²) < 4.78 is 1.23. The second kappa shape index (κ2) is 19.2. The highest BCUT2D eigenvalue weighted by Crippen LogP contribution is 2.12. The van der Waals surface area contributed by atoms with Crippen LogP contribution in [0.15, 0.2) is 0 Å². The van der Waals surface area contributed by atoms with E-state index in [2.05, 4.69) is 35.1 Å². The van der Waals surface area contributed by atoms with Gasteiger partial charge in [0.2, 0.25) is 0 Å². The van der Waals surface area contributed by atoms with Gasteiger partial charge in [-0.05, 0) is 38.5 Å². The maximum atomic E-state index is 2.43. The number of quaternary nitrogens is 2. The quantitative estimate of drug-likeness (QED) is 0.253. The van der Waals surface area contributed by atoms with E-state index in [1.165, 1.54) is 114 Å². The molecule has 2 nitrogen and oxygen atoms in total. The minimum Gasteiger partial charge on any atom is -1.00 e. The number of hydrogen-bond acceptors (Lipinski definition) is 0. The summed E-state index contributed by atoms with van der Waals surface area (Å²) in [5, 5.41) is 0. The number of hydrogen-bond donors (Lipinski definition) is 1. The Morgan fingerprint density at radius 1 is 0.560 bits per heavy atom. The molecular formula is C22H50BrN2+. The summed E-state index contributed by atoms with van der Waals surface area (Å²) in [5.41, 5.74) is 0. The zero-order valence-electron chi connectivity index (χ0n) is 18.3. The molecule has 0 heterocycles. The van der Waals surface area contributed by atoms with E-state index in [9.17, 15) is 0 Å². The summed E-state index contributed by atoms with van der Waals surface area (Å²) in [6, 6.07) is 0. The summed E-state index contributed by atoms with van der Waals surface area (Å²) in [5.74, 6) is 0. The molecule has 0 saturated carbocycles. The first kappa shape index (κ1) is 27.6. The van der Waals surface area contributed by atoms with Crippen LogP contribution in [0.4, 0.5) is 0 Å². The molecule has 0 bridgehead atoms. The number of unbranched alkanes of at least 4 members (excludes halogenated alkanes) is 12. The normalized spacial score (nSPS) is 11.8. The molecule has 0 unspecified atom stereocenters. The van der Waals surface area contributed by atoms with Crippen molar-refractivity contribution in [3.05, 3.63) is 0 Å². The molecule has 25 heavy (non-hydrogen) atoms. The predicted octanol–water partition coefficient (Wildman–Crippen LogP) is 1.69. The van der Waals surface area contributed by atoms with Gasteiger partial charge in [0.25, 0.3) is 0 Å². The van der Waals surface area contributed by atoms with Crippen molar-refractivity contribution in [3.8, 4) is 0 Å². The molecule has 0 radical (unpaired) electrons. The Morgan fingerprint density at radius 3 is 1.32 bits per heavy atom. The summed E-state index contributed by atoms with van der Waals surface area (Å²) in [7, 11) is 9.37. The lowest BCUT2D eigenvalue weighted by molar-refractivity contribution is -0.890. The van der Waals surface area contributed by atoms with Crippen molar-refractivity contribution in [1.82, 2.24) is 0 Å². The van der Waals surface area contributed by atoms with Crippen molar-refractivity contribution in [2.45, 2.75) is 96.8 Å². The Balaban J connectivity index is 0. The fraction of sp³-hybridized carbons (Fsp3) is 1.00. The molecule has 0 aliphatic heterocycles. The molecule has 0 amide bonds. The van der Waals surface area contributed by atoms with Crippen LogP contribution in [0.5, 0.6) is 0 Å². The summed E-state index contributed by atoms with van der Waals surface area (Å²) >= 11 is 0. The van der Waals surface area contributed by atoms with Gasteiger partial charge in [-0.25, -0.2) is 0 Å². The van der Waals surface area contributed by atoms with Crippen molar-refractivity contribution in [2.24, 2.45) is 0 Å². The van der Waals surface area contributed by atoms with Crippen LogP contribution in [0.2, 0.25) is 0 Å². The molecule has 0 fully saturated rings. The average Bonchev–Trinajstić information content (AvgIpc) is 2.52. The lowest BCUT2D eigenvalue weighted by Gasteiger charge is -2.30. The van der Waals surface area contributed by atoms with Gasteiger partial charge < -0.3 is 26.4 Å². The van der Waals surface area contributed by atoms with E-state index in [4.69, 9.17) is 0 Å². The van der Waals surface area contributed by atoms with Gasteiger partial charge in [-0.1, -0.05) is 58.3 Å². The van der Waals surface area contributed by atoms with Gasteiger partial charge in [0, 0.05) is 0 Å². The standard InChI is InChI=1S/C22H49N2.BrH/c1-6-7-8-9-10-11-12-13-15-18-21-24(4,5)22-19-16-14-17-20-23(2)3;/h6-22H2,1-5H3;1H/q+1;. The molecule has 0 aromatic carbocycles. The molecule has 0 saturated heterocycles. The van der Waals surface area contributed by atoms with E-state index >= 15 is 0 Å². The maximum absolute atomic E-state index is 2.43. The minimum absolute atomic E-state index is 0. The second-order valence-corrected chi connectivity index (χ2v) is 8.94. The molecule has 154 valence electrons. The van der Waals surface area contributed by atoms with Crippen LogP contribution in [0.3, 0.4) is 0 Å². The first-order chi connectivity index (χ1) is 11.5. The third kappa shape index (κ3) is 22.4. The third-order valence-electron chi connectivity index (χ3n) is 5.31. The van der Waals surface area contributed by atoms with Gasteiger partial charge in [0.1, 0.15) is 0 Å². The summed E-state index contributed by atoms with van der Waals surface area (Å²) in [6.07, 6.45) is 20.1. The lowest BCUT2D eigenvalue weighted by atomic mass is 10.1. The molecule has 0 aliphatic carbocycles. The monoisotopic (exact) mass is 421 g/mol. The number of halogens is 1. The van der Waals surface area contributed by atoms with Crippen LogP contribution in [0.25, 0.3) is 0 Å². The van der Waals surface area contributed by atoms with Crippen molar-refractivity contribution < 1.29 is 26.4 Å². The van der Waals surface area contributed by atoms with Crippen LogP contribution >= 0.6 is 0 Å². The van der Waals surface area contributed by atoms with Crippen molar-refractivity contribution in [3.63, 3.8) is 0 Å². The summed E-state index contributed by atoms with van der Waals surface area (Å²) in [6.45, 7) is 6.37. The first-order valence-electron chi connectivity index (χ1n) is 11.1. The fourth-order valence-electron chi connectivity index (χ4n) is 3.51. The maximum Gasteiger partial charge on any atom is 0.0782 e. The smallest absolute Gasteiger partial charge is 0.0782 e. The van der Waals surface area contributed by atoms with Crippen molar-refractivity contribution in [2.75, 3.05) is 47.8 Å². The summed E-state index contributed by atoms with van der Waals surface area (Å²) in [4.78, 5) is 1.59. The molecule has 3 heteroatoms. The SMILES string of the molecule is CCCCCCCCCCCC[N+](C)(C)CCCCCC[NH+](C)C.[Br-]. The van der Waals surface area contributed by atoms with Gasteiger partial charge in [-0.2, -0.15) is 0 Å². The van der Waals surface area contributed by atoms with Gasteiger partial charge in [-0.3, -0.25) is 0 Å². The Labute approximate surface area is 171 Å². The van der Waals surface area contributed by atoms with Crippen molar-refractivity contribution in [1.29, 1.82) is 0 Å². The fourth-order valence-corrected chi connectivity index (χ4v) is 3.51. The van der Waals surface area contributed by atoms with Gasteiger partial charge in [0.15, 0.2) is 0 Å². The Hall–Kier alpha value is 0.400. The van der Waals surface area contributed by atoms with E-state index in [0.29, 0.717) is 0 Å². The molecule has 0 rings (SSSR count). The van der Waals surface area contributed by atoms with E-state index in [1.807, 2.05) is 0 Å². The van der Waals surface area contributed by atoms with Gasteiger partial charge >= 0.3 is 0 Å².